The SMILES string of the molecule is Cc1ccc(-n2c(C)cc(C(=O)COC(=O)[C@H]3C[C@H]4C=C[C@H]3C4)c2C)cc1C. The van der Waals surface area contributed by atoms with Crippen molar-refractivity contribution in [1.82, 2.24) is 4.57 Å². The third-order valence-electron chi connectivity index (χ3n) is 6.41. The minimum atomic E-state index is -0.229. The van der Waals surface area contributed by atoms with Gasteiger partial charge in [-0.25, -0.2) is 0 Å². The zero-order chi connectivity index (χ0) is 20.0. The largest absolute Gasteiger partial charge is 0.457 e. The molecule has 4 heteroatoms. The van der Waals surface area contributed by atoms with Gasteiger partial charge in [-0.05, 0) is 81.7 Å². The summed E-state index contributed by atoms with van der Waals surface area (Å²) >= 11 is 0. The van der Waals surface area contributed by atoms with E-state index in [1.165, 1.54) is 11.1 Å². The molecule has 0 aliphatic heterocycles. The second kappa shape index (κ2) is 7.08. The molecule has 0 unspecified atom stereocenters. The maximum atomic E-state index is 12.8. The number of rotatable bonds is 5. The maximum Gasteiger partial charge on any atom is 0.310 e. The molecule has 1 saturated carbocycles. The van der Waals surface area contributed by atoms with Crippen molar-refractivity contribution in [3.63, 3.8) is 0 Å². The zero-order valence-corrected chi connectivity index (χ0v) is 17.0. The van der Waals surface area contributed by atoms with Crippen molar-refractivity contribution in [3.05, 3.63) is 64.5 Å². The number of fused-ring (bicyclic) bond motifs is 2. The van der Waals surface area contributed by atoms with E-state index < -0.39 is 0 Å². The first kappa shape index (κ1) is 18.7. The summed E-state index contributed by atoms with van der Waals surface area (Å²) in [5, 5.41) is 0. The molecule has 1 heterocycles. The highest BCUT2D eigenvalue weighted by atomic mass is 16.5. The van der Waals surface area contributed by atoms with E-state index in [2.05, 4.69) is 48.8 Å². The first-order chi connectivity index (χ1) is 13.3. The van der Waals surface area contributed by atoms with Gasteiger partial charge in [0.1, 0.15) is 0 Å². The van der Waals surface area contributed by atoms with E-state index in [-0.39, 0.29) is 24.3 Å². The van der Waals surface area contributed by atoms with E-state index in [4.69, 9.17) is 4.74 Å². The summed E-state index contributed by atoms with van der Waals surface area (Å²) in [7, 11) is 0. The number of aromatic nitrogens is 1. The topological polar surface area (TPSA) is 48.3 Å². The molecule has 2 bridgehead atoms. The average Bonchev–Trinajstić information content (AvgIpc) is 3.37. The van der Waals surface area contributed by atoms with Crippen LogP contribution in [0.2, 0.25) is 0 Å². The molecule has 1 aromatic heterocycles. The van der Waals surface area contributed by atoms with Crippen LogP contribution in [0.15, 0.2) is 36.4 Å². The summed E-state index contributed by atoms with van der Waals surface area (Å²) in [5.41, 5.74) is 5.99. The van der Waals surface area contributed by atoms with Crippen LogP contribution in [-0.4, -0.2) is 22.9 Å². The van der Waals surface area contributed by atoms with Gasteiger partial charge < -0.3 is 9.30 Å². The number of ether oxygens (including phenoxy) is 1. The molecule has 2 aromatic rings. The van der Waals surface area contributed by atoms with Crippen LogP contribution in [-0.2, 0) is 9.53 Å². The standard InChI is InChI=1S/C24H27NO3/c1-14-5-8-20(9-15(14)2)25-16(3)10-21(17(25)4)23(26)13-28-24(27)22-12-18-6-7-19(22)11-18/h5-10,18-19,22H,11-13H2,1-4H3/t18-,19-,22-/m0/s1. The Kier molecular flexibility index (Phi) is 4.74. The fraction of sp³-hybridized carbons (Fsp3) is 0.417. The molecule has 0 radical (unpaired) electrons. The van der Waals surface area contributed by atoms with Crippen LogP contribution in [0.1, 0.15) is 45.7 Å². The van der Waals surface area contributed by atoms with Gasteiger partial charge in [0.05, 0.1) is 5.92 Å². The van der Waals surface area contributed by atoms with Gasteiger partial charge in [-0.1, -0.05) is 18.2 Å². The van der Waals surface area contributed by atoms with E-state index in [9.17, 15) is 9.59 Å². The van der Waals surface area contributed by atoms with Crippen molar-refractivity contribution in [2.24, 2.45) is 17.8 Å². The van der Waals surface area contributed by atoms with Crippen molar-refractivity contribution in [2.75, 3.05) is 6.61 Å². The van der Waals surface area contributed by atoms with Crippen LogP contribution >= 0.6 is 0 Å². The smallest absolute Gasteiger partial charge is 0.310 e. The average molecular weight is 377 g/mol. The number of nitrogens with zero attached hydrogens (tertiary/aromatic N) is 1. The maximum absolute atomic E-state index is 12.8. The molecule has 1 aromatic carbocycles. The van der Waals surface area contributed by atoms with Gasteiger partial charge in [-0.3, -0.25) is 9.59 Å². The first-order valence-corrected chi connectivity index (χ1v) is 10.00. The van der Waals surface area contributed by atoms with E-state index in [0.717, 1.165) is 29.9 Å². The van der Waals surface area contributed by atoms with Crippen molar-refractivity contribution in [1.29, 1.82) is 0 Å². The lowest BCUT2D eigenvalue weighted by molar-refractivity contribution is -0.148. The van der Waals surface area contributed by atoms with Gasteiger partial charge in [0, 0.05) is 22.6 Å². The summed E-state index contributed by atoms with van der Waals surface area (Å²) in [6.07, 6.45) is 6.22. The molecular formula is C24H27NO3. The molecule has 2 aliphatic carbocycles. The van der Waals surface area contributed by atoms with Gasteiger partial charge in [0.2, 0.25) is 5.78 Å². The molecule has 0 saturated heterocycles. The lowest BCUT2D eigenvalue weighted by atomic mass is 9.94. The predicted molar refractivity (Wildman–Crippen MR) is 109 cm³/mol. The number of carbonyl (C=O) groups is 2. The number of ketones is 1. The van der Waals surface area contributed by atoms with Crippen LogP contribution in [0, 0.1) is 45.4 Å². The third-order valence-corrected chi connectivity index (χ3v) is 6.41. The lowest BCUT2D eigenvalue weighted by Crippen LogP contribution is -2.24. The fourth-order valence-electron chi connectivity index (χ4n) is 4.68. The Balaban J connectivity index is 1.48. The van der Waals surface area contributed by atoms with Crippen molar-refractivity contribution >= 4 is 11.8 Å². The molecular weight excluding hydrogens is 350 g/mol. The first-order valence-electron chi connectivity index (χ1n) is 10.00. The van der Waals surface area contributed by atoms with Crippen molar-refractivity contribution in [3.8, 4) is 5.69 Å². The second-order valence-electron chi connectivity index (χ2n) is 8.31. The molecule has 4 rings (SSSR count). The number of aryl methyl sites for hydroxylation is 3. The molecule has 146 valence electrons. The summed E-state index contributed by atoms with van der Waals surface area (Å²) in [4.78, 5) is 25.2. The second-order valence-corrected chi connectivity index (χ2v) is 8.31. The molecule has 0 spiro atoms. The minimum Gasteiger partial charge on any atom is -0.457 e. The Morgan fingerprint density at radius 2 is 1.82 bits per heavy atom. The third kappa shape index (κ3) is 3.21. The van der Waals surface area contributed by atoms with Crippen LogP contribution in [0.3, 0.4) is 0 Å². The molecule has 28 heavy (non-hydrogen) atoms. The lowest BCUT2D eigenvalue weighted by Gasteiger charge is -2.16. The normalized spacial score (nSPS) is 22.6. The molecule has 0 amide bonds. The van der Waals surface area contributed by atoms with E-state index in [1.54, 1.807) is 0 Å². The predicted octanol–water partition coefficient (Wildman–Crippen LogP) is 4.65. The number of esters is 1. The Hall–Kier alpha value is -2.62. The van der Waals surface area contributed by atoms with Crippen molar-refractivity contribution < 1.29 is 14.3 Å². The highest BCUT2D eigenvalue weighted by molar-refractivity contribution is 5.99. The Morgan fingerprint density at radius 3 is 2.46 bits per heavy atom. The van der Waals surface area contributed by atoms with E-state index in [0.29, 0.717) is 17.4 Å². The van der Waals surface area contributed by atoms with Crippen LogP contribution in [0.5, 0.6) is 0 Å². The Bertz CT molecular complexity index is 982. The number of allylic oxidation sites excluding steroid dienone is 2. The van der Waals surface area contributed by atoms with Gasteiger partial charge in [-0.15, -0.1) is 0 Å². The molecule has 0 N–H and O–H groups in total. The zero-order valence-electron chi connectivity index (χ0n) is 17.0. The van der Waals surface area contributed by atoms with E-state index >= 15 is 0 Å². The highest BCUT2D eigenvalue weighted by Gasteiger charge is 2.40. The summed E-state index contributed by atoms with van der Waals surface area (Å²) in [5.74, 6) is 0.353. The van der Waals surface area contributed by atoms with E-state index in [1.807, 2.05) is 19.9 Å². The fourth-order valence-corrected chi connectivity index (χ4v) is 4.68. The van der Waals surface area contributed by atoms with Crippen LogP contribution in [0.4, 0.5) is 0 Å². The monoisotopic (exact) mass is 377 g/mol. The number of hydrogen-bond donors (Lipinski definition) is 0. The highest BCUT2D eigenvalue weighted by Crippen LogP contribution is 2.43. The van der Waals surface area contributed by atoms with Crippen molar-refractivity contribution in [2.45, 2.75) is 40.5 Å². The number of carbonyl (C=O) groups excluding carboxylic acids is 2. The Labute approximate surface area is 166 Å². The summed E-state index contributed by atoms with van der Waals surface area (Å²) < 4.78 is 7.49. The van der Waals surface area contributed by atoms with Gasteiger partial charge in [0.15, 0.2) is 6.61 Å². The van der Waals surface area contributed by atoms with Crippen LogP contribution in [0.25, 0.3) is 5.69 Å². The number of hydrogen-bond acceptors (Lipinski definition) is 3. The number of Topliss-reactive ketones (excluding diaryl/α,β-unsaturated/α-hetero) is 1. The van der Waals surface area contributed by atoms with Gasteiger partial charge in [0.25, 0.3) is 0 Å². The Morgan fingerprint density at radius 1 is 1.04 bits per heavy atom. The summed E-state index contributed by atoms with van der Waals surface area (Å²) in [6, 6.07) is 8.18. The minimum absolute atomic E-state index is 0.0780. The quantitative estimate of drug-likeness (QED) is 0.433. The molecule has 1 fully saturated rings. The molecule has 3 atom stereocenters. The summed E-state index contributed by atoms with van der Waals surface area (Å²) in [6.45, 7) is 7.92. The van der Waals surface area contributed by atoms with Gasteiger partial charge in [-0.2, -0.15) is 0 Å². The molecule has 2 aliphatic rings. The number of benzene rings is 1. The van der Waals surface area contributed by atoms with Crippen LogP contribution < -0.4 is 0 Å². The van der Waals surface area contributed by atoms with Gasteiger partial charge >= 0.3 is 5.97 Å². The molecule has 4 nitrogen and oxygen atoms in total.